The minimum Gasteiger partial charge on any atom is -0.457 e. The topological polar surface area (TPSA) is 63.7 Å². The van der Waals surface area contributed by atoms with E-state index in [1.165, 1.54) is 0 Å². The highest BCUT2D eigenvalue weighted by Crippen LogP contribution is 2.29. The van der Waals surface area contributed by atoms with Crippen molar-refractivity contribution in [3.8, 4) is 0 Å². The van der Waals surface area contributed by atoms with Crippen molar-refractivity contribution < 1.29 is 19.1 Å². The van der Waals surface area contributed by atoms with E-state index in [1.54, 1.807) is 17.0 Å². The van der Waals surface area contributed by atoms with Crippen molar-refractivity contribution in [3.63, 3.8) is 0 Å². The lowest BCUT2D eigenvalue weighted by atomic mass is 10.1. The summed E-state index contributed by atoms with van der Waals surface area (Å²) in [5, 5.41) is 0. The summed E-state index contributed by atoms with van der Waals surface area (Å²) in [5.74, 6) is -1.41. The second-order valence-corrected chi connectivity index (χ2v) is 7.02. The third kappa shape index (κ3) is 4.08. The van der Waals surface area contributed by atoms with Gasteiger partial charge in [0, 0.05) is 24.2 Å². The molecule has 1 fully saturated rings. The number of Topliss-reactive ketones (excluding diaryl/α,β-unsaturated/α-hetero) is 1. The van der Waals surface area contributed by atoms with Crippen LogP contribution in [0.25, 0.3) is 0 Å². The van der Waals surface area contributed by atoms with Crippen LogP contribution >= 0.6 is 0 Å². The molecule has 0 aromatic heterocycles. The minimum atomic E-state index is -0.553. The fourth-order valence-corrected chi connectivity index (χ4v) is 3.20. The van der Waals surface area contributed by atoms with E-state index in [1.807, 2.05) is 51.1 Å². The second-order valence-electron chi connectivity index (χ2n) is 7.02. The number of hydrogen-bond donors (Lipinski definition) is 0. The predicted molar refractivity (Wildman–Crippen MR) is 103 cm³/mol. The van der Waals surface area contributed by atoms with Crippen LogP contribution in [0, 0.1) is 26.7 Å². The summed E-state index contributed by atoms with van der Waals surface area (Å²) in [6.45, 7) is 5.86. The van der Waals surface area contributed by atoms with Crippen LogP contribution < -0.4 is 4.90 Å². The summed E-state index contributed by atoms with van der Waals surface area (Å²) < 4.78 is 5.19. The van der Waals surface area contributed by atoms with E-state index in [4.69, 9.17) is 4.74 Å². The molecule has 2 aromatic carbocycles. The van der Waals surface area contributed by atoms with Crippen molar-refractivity contribution in [1.29, 1.82) is 0 Å². The maximum atomic E-state index is 12.4. The van der Waals surface area contributed by atoms with Crippen LogP contribution in [0.1, 0.15) is 33.5 Å². The van der Waals surface area contributed by atoms with Crippen LogP contribution in [0.2, 0.25) is 0 Å². The number of anilines is 1. The smallest absolute Gasteiger partial charge is 0.311 e. The van der Waals surface area contributed by atoms with Crippen molar-refractivity contribution in [2.24, 2.45) is 5.92 Å². The number of esters is 1. The standard InChI is InChI=1S/C22H23NO4/c1-14-7-9-17(10-8-14)20(24)13-27-22(26)18-11-21(25)23(12-18)19-6-4-5-15(2)16(19)3/h4-10,18H,11-13H2,1-3H3. The van der Waals surface area contributed by atoms with Gasteiger partial charge in [-0.3, -0.25) is 14.4 Å². The third-order valence-corrected chi connectivity index (χ3v) is 5.04. The summed E-state index contributed by atoms with van der Waals surface area (Å²) in [4.78, 5) is 38.5. The largest absolute Gasteiger partial charge is 0.457 e. The Balaban J connectivity index is 1.61. The SMILES string of the molecule is Cc1ccc(C(=O)COC(=O)C2CC(=O)N(c3cccc(C)c3C)C2)cc1. The van der Waals surface area contributed by atoms with Gasteiger partial charge in [0.25, 0.3) is 0 Å². The average molecular weight is 365 g/mol. The Bertz CT molecular complexity index is 886. The second kappa shape index (κ2) is 7.74. The van der Waals surface area contributed by atoms with Crippen LogP contribution in [-0.2, 0) is 14.3 Å². The van der Waals surface area contributed by atoms with Gasteiger partial charge in [0.2, 0.25) is 5.91 Å². The maximum Gasteiger partial charge on any atom is 0.311 e. The van der Waals surface area contributed by atoms with Gasteiger partial charge in [-0.05, 0) is 38.0 Å². The van der Waals surface area contributed by atoms with E-state index in [0.29, 0.717) is 5.56 Å². The molecule has 140 valence electrons. The first-order valence-electron chi connectivity index (χ1n) is 9.00. The Morgan fingerprint density at radius 3 is 2.48 bits per heavy atom. The number of nitrogens with zero attached hydrogens (tertiary/aromatic N) is 1. The number of carbonyl (C=O) groups is 3. The molecule has 1 aliphatic heterocycles. The molecule has 3 rings (SSSR count). The van der Waals surface area contributed by atoms with Crippen molar-refractivity contribution >= 4 is 23.3 Å². The van der Waals surface area contributed by atoms with Gasteiger partial charge >= 0.3 is 5.97 Å². The quantitative estimate of drug-likeness (QED) is 0.602. The minimum absolute atomic E-state index is 0.101. The first-order valence-corrected chi connectivity index (χ1v) is 9.00. The Hall–Kier alpha value is -2.95. The Morgan fingerprint density at radius 2 is 1.78 bits per heavy atom. The number of benzene rings is 2. The summed E-state index contributed by atoms with van der Waals surface area (Å²) >= 11 is 0. The van der Waals surface area contributed by atoms with Crippen LogP contribution in [0.3, 0.4) is 0 Å². The van der Waals surface area contributed by atoms with Gasteiger partial charge in [0.15, 0.2) is 12.4 Å². The van der Waals surface area contributed by atoms with Gasteiger partial charge in [-0.2, -0.15) is 0 Å². The fourth-order valence-electron chi connectivity index (χ4n) is 3.20. The molecule has 27 heavy (non-hydrogen) atoms. The molecule has 1 saturated heterocycles. The van der Waals surface area contributed by atoms with Gasteiger partial charge in [0.1, 0.15) is 0 Å². The highest BCUT2D eigenvalue weighted by molar-refractivity contribution is 6.01. The van der Waals surface area contributed by atoms with Crippen LogP contribution in [0.15, 0.2) is 42.5 Å². The highest BCUT2D eigenvalue weighted by atomic mass is 16.5. The van der Waals surface area contributed by atoms with Crippen LogP contribution in [-0.4, -0.2) is 30.8 Å². The summed E-state index contributed by atoms with van der Waals surface area (Å²) in [6, 6.07) is 12.9. The monoisotopic (exact) mass is 365 g/mol. The zero-order chi connectivity index (χ0) is 19.6. The summed E-state index contributed by atoms with van der Waals surface area (Å²) in [7, 11) is 0. The first kappa shape index (κ1) is 18.8. The molecule has 5 nitrogen and oxygen atoms in total. The van der Waals surface area contributed by atoms with Crippen molar-refractivity contribution in [2.45, 2.75) is 27.2 Å². The molecule has 1 atom stereocenters. The molecular weight excluding hydrogens is 342 g/mol. The van der Waals surface area contributed by atoms with E-state index in [-0.39, 0.29) is 31.3 Å². The molecule has 0 N–H and O–H groups in total. The molecule has 0 spiro atoms. The molecule has 0 bridgehead atoms. The van der Waals surface area contributed by atoms with Gasteiger partial charge in [0.05, 0.1) is 5.92 Å². The Kier molecular flexibility index (Phi) is 5.40. The van der Waals surface area contributed by atoms with E-state index in [2.05, 4.69) is 0 Å². The predicted octanol–water partition coefficient (Wildman–Crippen LogP) is 3.39. The maximum absolute atomic E-state index is 12.4. The summed E-state index contributed by atoms with van der Waals surface area (Å²) in [5.41, 5.74) is 4.50. The van der Waals surface area contributed by atoms with E-state index < -0.39 is 11.9 Å². The van der Waals surface area contributed by atoms with Crippen LogP contribution in [0.4, 0.5) is 5.69 Å². The zero-order valence-electron chi connectivity index (χ0n) is 15.8. The molecule has 0 radical (unpaired) electrons. The molecule has 0 saturated carbocycles. The summed E-state index contributed by atoms with van der Waals surface area (Å²) in [6.07, 6.45) is 0.102. The highest BCUT2D eigenvalue weighted by Gasteiger charge is 2.37. The fraction of sp³-hybridized carbons (Fsp3) is 0.318. The van der Waals surface area contributed by atoms with E-state index in [0.717, 1.165) is 22.4 Å². The third-order valence-electron chi connectivity index (χ3n) is 5.04. The van der Waals surface area contributed by atoms with Gasteiger partial charge in [-0.1, -0.05) is 42.0 Å². The van der Waals surface area contributed by atoms with Crippen molar-refractivity contribution in [2.75, 3.05) is 18.1 Å². The number of ketones is 1. The lowest BCUT2D eigenvalue weighted by molar-refractivity contribution is -0.147. The zero-order valence-corrected chi connectivity index (χ0v) is 15.8. The number of carbonyl (C=O) groups excluding carboxylic acids is 3. The lowest BCUT2D eigenvalue weighted by Crippen LogP contribution is -2.27. The van der Waals surface area contributed by atoms with Crippen molar-refractivity contribution in [3.05, 3.63) is 64.7 Å². The molecule has 1 heterocycles. The van der Waals surface area contributed by atoms with Crippen LogP contribution in [0.5, 0.6) is 0 Å². The normalized spacial score (nSPS) is 16.5. The first-order chi connectivity index (χ1) is 12.9. The van der Waals surface area contributed by atoms with E-state index in [9.17, 15) is 14.4 Å². The Labute approximate surface area is 158 Å². The molecule has 2 aromatic rings. The lowest BCUT2D eigenvalue weighted by Gasteiger charge is -2.20. The Morgan fingerprint density at radius 1 is 1.07 bits per heavy atom. The van der Waals surface area contributed by atoms with Gasteiger partial charge in [-0.25, -0.2) is 0 Å². The molecule has 5 heteroatoms. The van der Waals surface area contributed by atoms with Crippen molar-refractivity contribution in [1.82, 2.24) is 0 Å². The average Bonchev–Trinajstić information content (AvgIpc) is 3.04. The van der Waals surface area contributed by atoms with Gasteiger partial charge < -0.3 is 9.64 Å². The molecule has 1 unspecified atom stereocenters. The molecule has 1 aliphatic rings. The van der Waals surface area contributed by atoms with Gasteiger partial charge in [-0.15, -0.1) is 0 Å². The molecule has 1 amide bonds. The number of rotatable bonds is 5. The molecule has 0 aliphatic carbocycles. The number of aryl methyl sites for hydroxylation is 2. The number of amides is 1. The molecular formula is C22H23NO4. The van der Waals surface area contributed by atoms with E-state index >= 15 is 0 Å². The number of ether oxygens (including phenoxy) is 1. The number of hydrogen-bond acceptors (Lipinski definition) is 4.